The molecule has 1 aliphatic rings. The summed E-state index contributed by atoms with van der Waals surface area (Å²) in [6, 6.07) is 0. The van der Waals surface area contributed by atoms with E-state index in [0.29, 0.717) is 19.4 Å². The zero-order valence-electron chi connectivity index (χ0n) is 10.7. The summed E-state index contributed by atoms with van der Waals surface area (Å²) in [5.41, 5.74) is -0.672. The monoisotopic (exact) mass is 262 g/mol. The largest absolute Gasteiger partial charge is 0.368 e. The maximum atomic E-state index is 12.0. The van der Waals surface area contributed by atoms with Gasteiger partial charge in [-0.15, -0.1) is 0 Å². The van der Waals surface area contributed by atoms with Crippen molar-refractivity contribution in [2.75, 3.05) is 18.1 Å². The van der Waals surface area contributed by atoms with Crippen LogP contribution in [0.4, 0.5) is 0 Å². The number of rotatable bonds is 6. The Morgan fingerprint density at radius 3 is 2.59 bits per heavy atom. The van der Waals surface area contributed by atoms with Crippen molar-refractivity contribution in [3.05, 3.63) is 0 Å². The Hall–Kier alpha value is -0.420. The molecule has 0 bridgehead atoms. The summed E-state index contributed by atoms with van der Waals surface area (Å²) >= 11 is 0. The molecular formula is C12H22O4S. The molecule has 0 spiro atoms. The van der Waals surface area contributed by atoms with Crippen LogP contribution >= 0.6 is 0 Å². The average molecular weight is 262 g/mol. The highest BCUT2D eigenvalue weighted by Crippen LogP contribution is 2.26. The first kappa shape index (κ1) is 14.6. The van der Waals surface area contributed by atoms with Gasteiger partial charge in [0.05, 0.1) is 5.75 Å². The van der Waals surface area contributed by atoms with Crippen LogP contribution in [-0.2, 0) is 19.4 Å². The van der Waals surface area contributed by atoms with Gasteiger partial charge in [0.15, 0.2) is 5.78 Å². The van der Waals surface area contributed by atoms with Crippen molar-refractivity contribution < 1.29 is 17.9 Å². The molecule has 0 aromatic carbocycles. The van der Waals surface area contributed by atoms with Crippen LogP contribution in [0.2, 0.25) is 0 Å². The van der Waals surface area contributed by atoms with Crippen molar-refractivity contribution in [2.45, 2.75) is 51.6 Å². The summed E-state index contributed by atoms with van der Waals surface area (Å²) in [6.07, 6.45) is 3.48. The van der Waals surface area contributed by atoms with Crippen molar-refractivity contribution >= 4 is 15.6 Å². The Labute approximate surface area is 104 Å². The molecule has 0 N–H and O–H groups in total. The second-order valence-electron chi connectivity index (χ2n) is 4.80. The molecule has 1 aliphatic heterocycles. The number of Topliss-reactive ketones (excluding diaryl/α,β-unsaturated/α-hetero) is 1. The predicted molar refractivity (Wildman–Crippen MR) is 66.8 cm³/mol. The lowest BCUT2D eigenvalue weighted by Gasteiger charge is -2.32. The first-order valence-electron chi connectivity index (χ1n) is 6.27. The van der Waals surface area contributed by atoms with Gasteiger partial charge in [-0.2, -0.15) is 0 Å². The van der Waals surface area contributed by atoms with E-state index in [1.165, 1.54) is 0 Å². The van der Waals surface area contributed by atoms with Crippen LogP contribution in [-0.4, -0.2) is 37.9 Å². The lowest BCUT2D eigenvalue weighted by atomic mass is 9.89. The van der Waals surface area contributed by atoms with Crippen LogP contribution in [0.15, 0.2) is 0 Å². The number of hydrogen-bond donors (Lipinski definition) is 0. The minimum atomic E-state index is -2.96. The van der Waals surface area contributed by atoms with Gasteiger partial charge in [0.2, 0.25) is 0 Å². The molecule has 4 nitrogen and oxygen atoms in total. The van der Waals surface area contributed by atoms with Gasteiger partial charge in [-0.25, -0.2) is 8.42 Å². The Morgan fingerprint density at radius 1 is 1.35 bits per heavy atom. The van der Waals surface area contributed by atoms with Gasteiger partial charge in [-0.3, -0.25) is 4.79 Å². The van der Waals surface area contributed by atoms with Crippen LogP contribution in [0.1, 0.15) is 46.0 Å². The molecular weight excluding hydrogens is 240 g/mol. The van der Waals surface area contributed by atoms with Gasteiger partial charge in [-0.05, 0) is 32.6 Å². The molecule has 0 amide bonds. The fraction of sp³-hybridized carbons (Fsp3) is 0.917. The third-order valence-corrected chi connectivity index (χ3v) is 5.15. The molecule has 1 atom stereocenters. The van der Waals surface area contributed by atoms with E-state index in [2.05, 4.69) is 0 Å². The highest BCUT2D eigenvalue weighted by Gasteiger charge is 2.35. The quantitative estimate of drug-likeness (QED) is 0.731. The van der Waals surface area contributed by atoms with E-state index in [4.69, 9.17) is 4.74 Å². The second-order valence-corrected chi connectivity index (χ2v) is 7.27. The zero-order valence-corrected chi connectivity index (χ0v) is 11.5. The van der Waals surface area contributed by atoms with E-state index in [0.717, 1.165) is 19.3 Å². The van der Waals surface area contributed by atoms with Crippen LogP contribution in [0.25, 0.3) is 0 Å². The van der Waals surface area contributed by atoms with Gasteiger partial charge < -0.3 is 4.74 Å². The summed E-state index contributed by atoms with van der Waals surface area (Å²) in [5.74, 6) is 0.295. The maximum Gasteiger partial charge on any atom is 0.164 e. The summed E-state index contributed by atoms with van der Waals surface area (Å²) in [5, 5.41) is 0. The molecule has 0 aromatic rings. The Morgan fingerprint density at radius 2 is 2.06 bits per heavy atom. The number of carbonyl (C=O) groups excluding carboxylic acids is 1. The van der Waals surface area contributed by atoms with Crippen molar-refractivity contribution in [3.63, 3.8) is 0 Å². The lowest BCUT2D eigenvalue weighted by Crippen LogP contribution is -2.41. The topological polar surface area (TPSA) is 60.4 Å². The molecule has 17 heavy (non-hydrogen) atoms. The molecule has 1 rings (SSSR count). The molecule has 1 saturated heterocycles. The predicted octanol–water partition coefficient (Wildman–Crippen LogP) is 1.73. The Bertz CT molecular complexity index is 353. The minimum Gasteiger partial charge on any atom is -0.368 e. The lowest BCUT2D eigenvalue weighted by molar-refractivity contribution is -0.148. The van der Waals surface area contributed by atoms with Crippen LogP contribution < -0.4 is 0 Å². The average Bonchev–Trinajstić information content (AvgIpc) is 2.29. The molecule has 0 saturated carbocycles. The molecule has 1 heterocycles. The van der Waals surface area contributed by atoms with Gasteiger partial charge in [0.25, 0.3) is 0 Å². The molecule has 0 aliphatic carbocycles. The Balaban J connectivity index is 2.39. The van der Waals surface area contributed by atoms with Gasteiger partial charge in [0, 0.05) is 18.8 Å². The number of sulfone groups is 1. The van der Waals surface area contributed by atoms with E-state index in [1.54, 1.807) is 6.92 Å². The Kier molecular flexibility index (Phi) is 5.13. The molecule has 1 unspecified atom stereocenters. The second kappa shape index (κ2) is 5.96. The summed E-state index contributed by atoms with van der Waals surface area (Å²) in [7, 11) is -2.96. The summed E-state index contributed by atoms with van der Waals surface area (Å²) in [6.45, 7) is 4.08. The van der Waals surface area contributed by atoms with Crippen LogP contribution in [0, 0.1) is 0 Å². The van der Waals surface area contributed by atoms with Gasteiger partial charge >= 0.3 is 0 Å². The molecule has 100 valence electrons. The fourth-order valence-corrected chi connectivity index (χ4v) is 2.89. The van der Waals surface area contributed by atoms with Crippen LogP contribution in [0.5, 0.6) is 0 Å². The first-order valence-corrected chi connectivity index (χ1v) is 8.09. The molecule has 1 fully saturated rings. The van der Waals surface area contributed by atoms with Crippen molar-refractivity contribution in [1.82, 2.24) is 0 Å². The number of ketones is 1. The highest BCUT2D eigenvalue weighted by molar-refractivity contribution is 7.91. The third-order valence-electron chi connectivity index (χ3n) is 3.36. The number of ether oxygens (including phenoxy) is 1. The van der Waals surface area contributed by atoms with Crippen molar-refractivity contribution in [3.8, 4) is 0 Å². The van der Waals surface area contributed by atoms with E-state index >= 15 is 0 Å². The summed E-state index contributed by atoms with van der Waals surface area (Å²) in [4.78, 5) is 12.0. The normalized spacial score (nSPS) is 25.8. The standard InChI is InChI=1S/C12H22O4S/c1-3-17(14,15)10-6-7-11(13)12(2)8-4-5-9-16-12/h3-10H2,1-2H3. The van der Waals surface area contributed by atoms with E-state index in [1.807, 2.05) is 6.92 Å². The first-order chi connectivity index (χ1) is 7.90. The molecule has 0 radical (unpaired) electrons. The molecule has 0 aromatic heterocycles. The SMILES string of the molecule is CCS(=O)(=O)CCCC(=O)C1(C)CCCCO1. The number of carbonyl (C=O) groups is 1. The zero-order chi connectivity index (χ0) is 12.9. The highest BCUT2D eigenvalue weighted by atomic mass is 32.2. The van der Waals surface area contributed by atoms with Gasteiger partial charge in [0.1, 0.15) is 15.4 Å². The van der Waals surface area contributed by atoms with Gasteiger partial charge in [-0.1, -0.05) is 6.92 Å². The summed E-state index contributed by atoms with van der Waals surface area (Å²) < 4.78 is 28.1. The van der Waals surface area contributed by atoms with Crippen molar-refractivity contribution in [2.24, 2.45) is 0 Å². The fourth-order valence-electron chi connectivity index (χ4n) is 2.02. The molecule has 5 heteroatoms. The van der Waals surface area contributed by atoms with Crippen LogP contribution in [0.3, 0.4) is 0 Å². The van der Waals surface area contributed by atoms with E-state index in [-0.39, 0.29) is 17.3 Å². The van der Waals surface area contributed by atoms with E-state index in [9.17, 15) is 13.2 Å². The minimum absolute atomic E-state index is 0.0449. The smallest absolute Gasteiger partial charge is 0.164 e. The third kappa shape index (κ3) is 4.39. The van der Waals surface area contributed by atoms with Crippen molar-refractivity contribution in [1.29, 1.82) is 0 Å². The number of hydrogen-bond acceptors (Lipinski definition) is 4. The van der Waals surface area contributed by atoms with E-state index < -0.39 is 15.4 Å². The maximum absolute atomic E-state index is 12.0.